The number of carbonyl (C=O) groups excluding carboxylic acids is 1. The number of aromatic nitrogens is 3. The second-order valence-electron chi connectivity index (χ2n) is 10.0. The van der Waals surface area contributed by atoms with Gasteiger partial charge in [-0.25, -0.2) is 36.7 Å². The van der Waals surface area contributed by atoms with Crippen molar-refractivity contribution in [2.24, 2.45) is 5.92 Å². The van der Waals surface area contributed by atoms with E-state index < -0.39 is 46.2 Å². The van der Waals surface area contributed by atoms with E-state index in [1.807, 2.05) is 34.6 Å². The fraction of sp³-hybridized carbons (Fsp3) is 0.364. The van der Waals surface area contributed by atoms with Crippen molar-refractivity contribution < 1.29 is 31.5 Å². The topological polar surface area (TPSA) is 57.0 Å². The maximum absolute atomic E-state index is 14.6. The van der Waals surface area contributed by atoms with Crippen molar-refractivity contribution in [3.05, 3.63) is 101 Å². The lowest BCUT2D eigenvalue weighted by Crippen LogP contribution is -2.31. The maximum Gasteiger partial charge on any atom is 0.356 e. The van der Waals surface area contributed by atoms with Crippen LogP contribution in [0.2, 0.25) is 0 Å². The molecule has 0 unspecified atom stereocenters. The Morgan fingerprint density at radius 2 is 1.40 bits per heavy atom. The second-order valence-corrected chi connectivity index (χ2v) is 10.0. The summed E-state index contributed by atoms with van der Waals surface area (Å²) in [6.45, 7) is 14.0. The van der Waals surface area contributed by atoms with Gasteiger partial charge in [0, 0.05) is 24.2 Å². The standard InChI is InChI=1S/C27H22F5N3O2.C4H10.C2H6/c1-15(14-37-26(36)18-10-6-7-11-33-18)27(2,3)17-9-5-4-8-16(17)25-34-12-13-35(25)24-22(31)20(29)19(28)21(30)23(24)32;1-3-4-2;1-2/h4-13,15H,14H2,1-3H3;3-4H2,1-2H3;1-2H3/t15-;;/m0../s1. The Kier molecular flexibility index (Phi) is 13.0. The number of imidazole rings is 1. The molecule has 2 heterocycles. The molecule has 0 aliphatic carbocycles. The number of hydrogen-bond acceptors (Lipinski definition) is 4. The summed E-state index contributed by atoms with van der Waals surface area (Å²) in [6.07, 6.45) is 6.44. The smallest absolute Gasteiger partial charge is 0.356 e. The van der Waals surface area contributed by atoms with Crippen LogP contribution in [0.25, 0.3) is 17.1 Å². The van der Waals surface area contributed by atoms with Crippen LogP contribution < -0.4 is 0 Å². The Hall–Kier alpha value is -4.08. The Morgan fingerprint density at radius 1 is 0.837 bits per heavy atom. The first-order valence-corrected chi connectivity index (χ1v) is 14.2. The van der Waals surface area contributed by atoms with Crippen LogP contribution in [0.4, 0.5) is 22.0 Å². The van der Waals surface area contributed by atoms with E-state index in [-0.39, 0.29) is 24.0 Å². The third-order valence-electron chi connectivity index (χ3n) is 7.00. The first-order chi connectivity index (χ1) is 20.5. The van der Waals surface area contributed by atoms with Gasteiger partial charge < -0.3 is 4.74 Å². The summed E-state index contributed by atoms with van der Waals surface area (Å²) >= 11 is 0. The molecule has 0 N–H and O–H groups in total. The van der Waals surface area contributed by atoms with Crippen LogP contribution in [0.3, 0.4) is 0 Å². The number of esters is 1. The number of ether oxygens (including phenoxy) is 1. The summed E-state index contributed by atoms with van der Waals surface area (Å²) in [5.74, 6) is -11.2. The lowest BCUT2D eigenvalue weighted by molar-refractivity contribution is 0.0393. The number of rotatable bonds is 8. The Morgan fingerprint density at radius 3 is 1.95 bits per heavy atom. The largest absolute Gasteiger partial charge is 0.461 e. The van der Waals surface area contributed by atoms with Crippen LogP contribution in [0.5, 0.6) is 0 Å². The van der Waals surface area contributed by atoms with Crippen molar-refractivity contribution >= 4 is 5.97 Å². The molecule has 4 aromatic rings. The first kappa shape index (κ1) is 35.1. The quantitative estimate of drug-likeness (QED) is 0.0872. The molecule has 2 aromatic heterocycles. The molecule has 2 aromatic carbocycles. The van der Waals surface area contributed by atoms with Crippen molar-refractivity contribution in [2.45, 2.75) is 66.7 Å². The summed E-state index contributed by atoms with van der Waals surface area (Å²) < 4.78 is 77.0. The van der Waals surface area contributed by atoms with Gasteiger partial charge in [0.15, 0.2) is 23.3 Å². The average molecular weight is 604 g/mol. The minimum atomic E-state index is -2.24. The van der Waals surface area contributed by atoms with E-state index in [1.165, 1.54) is 31.3 Å². The third kappa shape index (κ3) is 7.86. The van der Waals surface area contributed by atoms with E-state index in [1.54, 1.807) is 36.4 Å². The van der Waals surface area contributed by atoms with Crippen molar-refractivity contribution in [3.63, 3.8) is 0 Å². The van der Waals surface area contributed by atoms with E-state index in [4.69, 9.17) is 4.74 Å². The van der Waals surface area contributed by atoms with Crippen LogP contribution in [0.1, 0.15) is 77.4 Å². The number of halogens is 5. The van der Waals surface area contributed by atoms with Gasteiger partial charge in [0.25, 0.3) is 0 Å². The summed E-state index contributed by atoms with van der Waals surface area (Å²) in [5.41, 5.74) is -0.586. The van der Waals surface area contributed by atoms with Gasteiger partial charge in [-0.1, -0.05) is 91.6 Å². The highest BCUT2D eigenvalue weighted by Gasteiger charge is 2.34. The number of benzene rings is 2. The third-order valence-corrected chi connectivity index (χ3v) is 7.00. The first-order valence-electron chi connectivity index (χ1n) is 14.2. The van der Waals surface area contributed by atoms with Gasteiger partial charge in [0.1, 0.15) is 17.2 Å². The van der Waals surface area contributed by atoms with Crippen LogP contribution in [0, 0.1) is 35.0 Å². The molecule has 5 nitrogen and oxygen atoms in total. The molecule has 232 valence electrons. The maximum atomic E-state index is 14.6. The van der Waals surface area contributed by atoms with E-state index in [9.17, 15) is 26.7 Å². The second kappa shape index (κ2) is 16.0. The molecule has 4 rings (SSSR count). The monoisotopic (exact) mass is 603 g/mol. The number of carbonyl (C=O) groups is 1. The summed E-state index contributed by atoms with van der Waals surface area (Å²) in [7, 11) is 0. The molecule has 43 heavy (non-hydrogen) atoms. The van der Waals surface area contributed by atoms with Gasteiger partial charge in [-0.15, -0.1) is 0 Å². The van der Waals surface area contributed by atoms with Gasteiger partial charge in [-0.3, -0.25) is 4.57 Å². The Balaban J connectivity index is 0.000000993. The molecule has 1 atom stereocenters. The van der Waals surface area contributed by atoms with E-state index >= 15 is 0 Å². The highest BCUT2D eigenvalue weighted by molar-refractivity contribution is 5.87. The fourth-order valence-electron chi connectivity index (χ4n) is 3.96. The minimum Gasteiger partial charge on any atom is -0.461 e. The fourth-order valence-corrected chi connectivity index (χ4v) is 3.96. The number of nitrogens with zero attached hydrogens (tertiary/aromatic N) is 3. The molecular weight excluding hydrogens is 565 g/mol. The number of unbranched alkanes of at least 4 members (excludes halogenated alkanes) is 1. The molecule has 0 fully saturated rings. The summed E-state index contributed by atoms with van der Waals surface area (Å²) in [6, 6.07) is 11.7. The van der Waals surface area contributed by atoms with E-state index in [2.05, 4.69) is 23.8 Å². The van der Waals surface area contributed by atoms with Crippen molar-refractivity contribution in [1.82, 2.24) is 14.5 Å². The van der Waals surface area contributed by atoms with Gasteiger partial charge in [0.2, 0.25) is 5.82 Å². The lowest BCUT2D eigenvalue weighted by Gasteiger charge is -2.33. The molecule has 0 bridgehead atoms. The SMILES string of the molecule is CC.CCCC.C[C@@H](COC(=O)c1ccccn1)C(C)(C)c1ccccc1-c1nccn1-c1c(F)c(F)c(F)c(F)c1F. The molecule has 0 radical (unpaired) electrons. The van der Waals surface area contributed by atoms with Crippen molar-refractivity contribution in [3.8, 4) is 17.1 Å². The molecule has 0 spiro atoms. The van der Waals surface area contributed by atoms with Crippen LogP contribution in [0.15, 0.2) is 61.1 Å². The summed E-state index contributed by atoms with van der Waals surface area (Å²) in [4.78, 5) is 20.5. The minimum absolute atomic E-state index is 0.0236. The van der Waals surface area contributed by atoms with Gasteiger partial charge in [0.05, 0.1) is 6.61 Å². The zero-order valence-electron chi connectivity index (χ0n) is 25.5. The molecule has 0 saturated heterocycles. The predicted octanol–water partition coefficient (Wildman–Crippen LogP) is 9.23. The van der Waals surface area contributed by atoms with E-state index in [0.717, 1.165) is 10.8 Å². The molecular formula is C33H38F5N3O2. The Labute approximate surface area is 249 Å². The number of pyridine rings is 1. The van der Waals surface area contributed by atoms with Crippen molar-refractivity contribution in [1.29, 1.82) is 0 Å². The number of hydrogen-bond donors (Lipinski definition) is 0. The average Bonchev–Trinajstić information content (AvgIpc) is 3.52. The lowest BCUT2D eigenvalue weighted by atomic mass is 9.72. The van der Waals surface area contributed by atoms with Crippen molar-refractivity contribution in [2.75, 3.05) is 6.61 Å². The molecule has 10 heteroatoms. The van der Waals surface area contributed by atoms with Crippen LogP contribution in [-0.2, 0) is 10.2 Å². The Bertz CT molecular complexity index is 1460. The van der Waals surface area contributed by atoms with Gasteiger partial charge >= 0.3 is 5.97 Å². The zero-order valence-corrected chi connectivity index (χ0v) is 25.5. The molecule has 0 aliphatic rings. The van der Waals surface area contributed by atoms with Crippen LogP contribution >= 0.6 is 0 Å². The highest BCUT2D eigenvalue weighted by Crippen LogP contribution is 2.39. The van der Waals surface area contributed by atoms with E-state index in [0.29, 0.717) is 11.1 Å². The summed E-state index contributed by atoms with van der Waals surface area (Å²) in [5, 5.41) is 0. The van der Waals surface area contributed by atoms with Gasteiger partial charge in [-0.2, -0.15) is 0 Å². The van der Waals surface area contributed by atoms with Crippen LogP contribution in [-0.4, -0.2) is 27.1 Å². The molecule has 0 amide bonds. The normalized spacial score (nSPS) is 11.5. The highest BCUT2D eigenvalue weighted by atomic mass is 19.2. The predicted molar refractivity (Wildman–Crippen MR) is 157 cm³/mol. The van der Waals surface area contributed by atoms with Gasteiger partial charge in [-0.05, 0) is 29.0 Å². The molecule has 0 aliphatic heterocycles. The molecule has 0 saturated carbocycles. The zero-order chi connectivity index (χ0) is 32.3.